The van der Waals surface area contributed by atoms with Gasteiger partial charge >= 0.3 is 0 Å². The van der Waals surface area contributed by atoms with Crippen LogP contribution in [0, 0.1) is 6.92 Å². The van der Waals surface area contributed by atoms with Crippen LogP contribution in [0.2, 0.25) is 0 Å². The van der Waals surface area contributed by atoms with Gasteiger partial charge in [-0.05, 0) is 24.6 Å². The summed E-state index contributed by atoms with van der Waals surface area (Å²) in [5.41, 5.74) is 5.67. The summed E-state index contributed by atoms with van der Waals surface area (Å²) >= 11 is 0. The quantitative estimate of drug-likeness (QED) is 0.773. The number of hydrogen-bond donors (Lipinski definition) is 1. The second kappa shape index (κ2) is 3.63. The van der Waals surface area contributed by atoms with E-state index < -0.39 is 0 Å². The molecule has 1 aliphatic rings. The SMILES string of the molecule is CCN1CCc2[nH]c3c(C)cccc3c2C1. The van der Waals surface area contributed by atoms with Gasteiger partial charge in [0.15, 0.2) is 0 Å². The topological polar surface area (TPSA) is 19.0 Å². The summed E-state index contributed by atoms with van der Waals surface area (Å²) in [6, 6.07) is 6.59. The lowest BCUT2D eigenvalue weighted by molar-refractivity contribution is 0.268. The van der Waals surface area contributed by atoms with Gasteiger partial charge in [-0.3, -0.25) is 4.90 Å². The Bertz CT molecular complexity index is 525. The predicted octanol–water partition coefficient (Wildman–Crippen LogP) is 2.85. The molecular formula is C14H18N2. The van der Waals surface area contributed by atoms with E-state index in [4.69, 9.17) is 0 Å². The van der Waals surface area contributed by atoms with E-state index in [9.17, 15) is 0 Å². The second-order valence-electron chi connectivity index (χ2n) is 4.70. The molecule has 2 nitrogen and oxygen atoms in total. The number of para-hydroxylation sites is 1. The number of fused-ring (bicyclic) bond motifs is 3. The van der Waals surface area contributed by atoms with Gasteiger partial charge in [-0.15, -0.1) is 0 Å². The molecule has 0 saturated carbocycles. The normalized spacial score (nSPS) is 16.6. The first-order valence-corrected chi connectivity index (χ1v) is 6.11. The van der Waals surface area contributed by atoms with E-state index in [1.165, 1.54) is 34.3 Å². The molecule has 2 heterocycles. The number of aryl methyl sites for hydroxylation is 1. The second-order valence-corrected chi connectivity index (χ2v) is 4.70. The van der Waals surface area contributed by atoms with Crippen molar-refractivity contribution in [2.24, 2.45) is 0 Å². The van der Waals surface area contributed by atoms with E-state index >= 15 is 0 Å². The predicted molar refractivity (Wildman–Crippen MR) is 67.7 cm³/mol. The van der Waals surface area contributed by atoms with Crippen LogP contribution in [0.3, 0.4) is 0 Å². The van der Waals surface area contributed by atoms with Crippen LogP contribution >= 0.6 is 0 Å². The number of nitrogens with zero attached hydrogens (tertiary/aromatic N) is 1. The van der Waals surface area contributed by atoms with Gasteiger partial charge in [0.1, 0.15) is 0 Å². The smallest absolute Gasteiger partial charge is 0.0489 e. The Hall–Kier alpha value is -1.28. The first-order chi connectivity index (χ1) is 7.79. The first kappa shape index (κ1) is 9.91. The molecule has 84 valence electrons. The lowest BCUT2D eigenvalue weighted by atomic mass is 10.0. The minimum atomic E-state index is 1.11. The number of aromatic nitrogens is 1. The molecule has 0 unspecified atom stereocenters. The summed E-state index contributed by atoms with van der Waals surface area (Å²) in [7, 11) is 0. The number of benzene rings is 1. The van der Waals surface area contributed by atoms with Crippen molar-refractivity contribution in [2.75, 3.05) is 13.1 Å². The molecule has 0 radical (unpaired) electrons. The number of aromatic amines is 1. The third-order valence-corrected chi connectivity index (χ3v) is 3.75. The average Bonchev–Trinajstić information content (AvgIpc) is 2.68. The van der Waals surface area contributed by atoms with Gasteiger partial charge in [0.25, 0.3) is 0 Å². The van der Waals surface area contributed by atoms with Crippen molar-refractivity contribution in [3.8, 4) is 0 Å². The summed E-state index contributed by atoms with van der Waals surface area (Å²) in [4.78, 5) is 6.11. The van der Waals surface area contributed by atoms with Crippen LogP contribution in [0.5, 0.6) is 0 Å². The standard InChI is InChI=1S/C14H18N2/c1-3-16-8-7-13-12(9-16)11-6-4-5-10(2)14(11)15-13/h4-6,15H,3,7-9H2,1-2H3. The van der Waals surface area contributed by atoms with Crippen LogP contribution < -0.4 is 0 Å². The van der Waals surface area contributed by atoms with Gasteiger partial charge < -0.3 is 4.98 Å². The number of H-pyrrole nitrogens is 1. The van der Waals surface area contributed by atoms with E-state index in [-0.39, 0.29) is 0 Å². The zero-order chi connectivity index (χ0) is 11.1. The van der Waals surface area contributed by atoms with E-state index in [1.807, 2.05) is 0 Å². The van der Waals surface area contributed by atoms with E-state index in [0.717, 1.165) is 19.5 Å². The minimum Gasteiger partial charge on any atom is -0.358 e. The van der Waals surface area contributed by atoms with Gasteiger partial charge in [0.2, 0.25) is 0 Å². The molecule has 0 amide bonds. The number of rotatable bonds is 1. The van der Waals surface area contributed by atoms with Crippen molar-refractivity contribution < 1.29 is 0 Å². The molecule has 1 aromatic carbocycles. The lowest BCUT2D eigenvalue weighted by Crippen LogP contribution is -2.29. The zero-order valence-corrected chi connectivity index (χ0v) is 10.0. The molecule has 2 heteroatoms. The lowest BCUT2D eigenvalue weighted by Gasteiger charge is -2.25. The molecule has 0 spiro atoms. The maximum atomic E-state index is 3.60. The highest BCUT2D eigenvalue weighted by Crippen LogP contribution is 2.29. The fourth-order valence-electron chi connectivity index (χ4n) is 2.71. The maximum absolute atomic E-state index is 3.60. The van der Waals surface area contributed by atoms with Gasteiger partial charge in [0.05, 0.1) is 0 Å². The van der Waals surface area contributed by atoms with Crippen molar-refractivity contribution in [3.05, 3.63) is 35.0 Å². The van der Waals surface area contributed by atoms with Crippen molar-refractivity contribution in [2.45, 2.75) is 26.8 Å². The van der Waals surface area contributed by atoms with Crippen LogP contribution in [0.25, 0.3) is 10.9 Å². The van der Waals surface area contributed by atoms with Crippen LogP contribution in [0.1, 0.15) is 23.7 Å². The molecule has 3 rings (SSSR count). The molecular weight excluding hydrogens is 196 g/mol. The molecule has 1 N–H and O–H groups in total. The summed E-state index contributed by atoms with van der Waals surface area (Å²) in [6.07, 6.45) is 1.16. The van der Waals surface area contributed by atoms with Crippen molar-refractivity contribution in [3.63, 3.8) is 0 Å². The highest BCUT2D eigenvalue weighted by atomic mass is 15.1. The molecule has 0 atom stereocenters. The van der Waals surface area contributed by atoms with Crippen LogP contribution in [-0.4, -0.2) is 23.0 Å². The van der Waals surface area contributed by atoms with Crippen molar-refractivity contribution in [1.29, 1.82) is 0 Å². The molecule has 0 bridgehead atoms. The Kier molecular flexibility index (Phi) is 2.25. The Morgan fingerprint density at radius 3 is 3.06 bits per heavy atom. The van der Waals surface area contributed by atoms with E-state index in [2.05, 4.69) is 41.9 Å². The summed E-state index contributed by atoms with van der Waals surface area (Å²) in [6.45, 7) is 7.87. The fourth-order valence-corrected chi connectivity index (χ4v) is 2.71. The monoisotopic (exact) mass is 214 g/mol. The van der Waals surface area contributed by atoms with Gasteiger partial charge in [-0.25, -0.2) is 0 Å². The highest BCUT2D eigenvalue weighted by molar-refractivity contribution is 5.87. The summed E-state index contributed by atoms with van der Waals surface area (Å²) < 4.78 is 0. The Morgan fingerprint density at radius 2 is 2.25 bits per heavy atom. The third kappa shape index (κ3) is 1.37. The molecule has 0 fully saturated rings. The third-order valence-electron chi connectivity index (χ3n) is 3.75. The van der Waals surface area contributed by atoms with Crippen molar-refractivity contribution in [1.82, 2.24) is 9.88 Å². The van der Waals surface area contributed by atoms with Crippen LogP contribution in [0.4, 0.5) is 0 Å². The Labute approximate surface area is 96.3 Å². The molecule has 1 aromatic heterocycles. The van der Waals surface area contributed by atoms with Gasteiger partial charge in [0, 0.05) is 36.1 Å². The Morgan fingerprint density at radius 1 is 1.38 bits per heavy atom. The largest absolute Gasteiger partial charge is 0.358 e. The first-order valence-electron chi connectivity index (χ1n) is 6.11. The number of nitrogens with one attached hydrogen (secondary N) is 1. The molecule has 0 aliphatic carbocycles. The molecule has 2 aromatic rings. The van der Waals surface area contributed by atoms with Crippen LogP contribution in [-0.2, 0) is 13.0 Å². The Balaban J connectivity index is 2.18. The fraction of sp³-hybridized carbons (Fsp3) is 0.429. The van der Waals surface area contributed by atoms with Crippen molar-refractivity contribution >= 4 is 10.9 Å². The summed E-state index contributed by atoms with van der Waals surface area (Å²) in [5, 5.41) is 1.42. The summed E-state index contributed by atoms with van der Waals surface area (Å²) in [5.74, 6) is 0. The molecule has 1 aliphatic heterocycles. The molecule has 16 heavy (non-hydrogen) atoms. The van der Waals surface area contributed by atoms with E-state index in [1.54, 1.807) is 0 Å². The number of likely N-dealkylation sites (N-methyl/N-ethyl adjacent to an activating group) is 1. The van der Waals surface area contributed by atoms with Gasteiger partial charge in [-0.1, -0.05) is 25.1 Å². The highest BCUT2D eigenvalue weighted by Gasteiger charge is 2.19. The zero-order valence-electron chi connectivity index (χ0n) is 10.0. The van der Waals surface area contributed by atoms with Crippen LogP contribution in [0.15, 0.2) is 18.2 Å². The number of hydrogen-bond acceptors (Lipinski definition) is 1. The maximum Gasteiger partial charge on any atom is 0.0489 e. The average molecular weight is 214 g/mol. The molecule has 0 saturated heterocycles. The van der Waals surface area contributed by atoms with E-state index in [0.29, 0.717) is 0 Å². The van der Waals surface area contributed by atoms with Gasteiger partial charge in [-0.2, -0.15) is 0 Å². The minimum absolute atomic E-state index is 1.11.